The molecule has 0 bridgehead atoms. The van der Waals surface area contributed by atoms with Gasteiger partial charge in [-0.15, -0.1) is 0 Å². The van der Waals surface area contributed by atoms with Gasteiger partial charge in [0.2, 0.25) is 15.9 Å². The zero-order valence-electron chi connectivity index (χ0n) is 15.2. The summed E-state index contributed by atoms with van der Waals surface area (Å²) in [6.07, 6.45) is 3.14. The van der Waals surface area contributed by atoms with Crippen molar-refractivity contribution in [1.82, 2.24) is 14.2 Å². The lowest BCUT2D eigenvalue weighted by molar-refractivity contribution is -0.117. The van der Waals surface area contributed by atoms with E-state index < -0.39 is 10.0 Å². The number of nitrogens with one attached hydrogen (secondary N) is 1. The Balaban J connectivity index is 1.50. The molecule has 3 rings (SSSR count). The molecule has 0 aliphatic carbocycles. The van der Waals surface area contributed by atoms with Crippen LogP contribution in [0.25, 0.3) is 6.08 Å². The number of hydrogen-bond acceptors (Lipinski definition) is 5. The van der Waals surface area contributed by atoms with E-state index in [2.05, 4.69) is 10.3 Å². The molecule has 1 saturated heterocycles. The predicted molar refractivity (Wildman–Crippen MR) is 110 cm³/mol. The quantitative estimate of drug-likeness (QED) is 0.725. The number of anilines is 1. The summed E-state index contributed by atoms with van der Waals surface area (Å²) in [6.45, 7) is 1.79. The molecule has 1 amide bonds. The van der Waals surface area contributed by atoms with E-state index >= 15 is 0 Å². The molecule has 1 fully saturated rings. The molecule has 0 spiro atoms. The Hall–Kier alpha value is -2.26. The molecule has 2 heterocycles. The average Bonchev–Trinajstić information content (AvgIpc) is 2.69. The van der Waals surface area contributed by atoms with E-state index in [0.29, 0.717) is 31.9 Å². The zero-order chi connectivity index (χ0) is 20.0. The third-order valence-corrected chi connectivity index (χ3v) is 6.19. The number of halogens is 1. The molecular weight excluding hydrogens is 400 g/mol. The van der Waals surface area contributed by atoms with Crippen molar-refractivity contribution >= 4 is 39.3 Å². The van der Waals surface area contributed by atoms with Gasteiger partial charge in [-0.3, -0.25) is 9.69 Å². The molecule has 1 N–H and O–H groups in total. The molecule has 148 valence electrons. The number of carbonyl (C=O) groups is 1. The van der Waals surface area contributed by atoms with Crippen LogP contribution in [0.5, 0.6) is 0 Å². The maximum atomic E-state index is 12.5. The fourth-order valence-electron chi connectivity index (χ4n) is 2.83. The molecule has 0 unspecified atom stereocenters. The molecule has 28 heavy (non-hydrogen) atoms. The first-order valence-corrected chi connectivity index (χ1v) is 10.7. The Labute approximate surface area is 169 Å². The summed E-state index contributed by atoms with van der Waals surface area (Å²) in [7, 11) is -3.49. The summed E-state index contributed by atoms with van der Waals surface area (Å²) in [6, 6.07) is 12.6. The number of sulfonamides is 1. The van der Waals surface area contributed by atoms with Gasteiger partial charge in [0, 0.05) is 37.8 Å². The van der Waals surface area contributed by atoms with Gasteiger partial charge in [-0.05, 0) is 23.8 Å². The first-order chi connectivity index (χ1) is 13.4. The number of amides is 1. The van der Waals surface area contributed by atoms with Crippen LogP contribution in [-0.4, -0.2) is 61.2 Å². The van der Waals surface area contributed by atoms with Crippen molar-refractivity contribution in [2.45, 2.75) is 0 Å². The van der Waals surface area contributed by atoms with E-state index in [9.17, 15) is 13.2 Å². The van der Waals surface area contributed by atoms with Crippen molar-refractivity contribution in [3.8, 4) is 0 Å². The Bertz CT molecular complexity index is 943. The average molecular weight is 421 g/mol. The number of nitrogens with zero attached hydrogens (tertiary/aromatic N) is 3. The van der Waals surface area contributed by atoms with Gasteiger partial charge in [-0.25, -0.2) is 13.4 Å². The van der Waals surface area contributed by atoms with Gasteiger partial charge in [0.25, 0.3) is 0 Å². The fraction of sp³-hybridized carbons (Fsp3) is 0.263. The van der Waals surface area contributed by atoms with Crippen molar-refractivity contribution in [2.75, 3.05) is 38.0 Å². The molecule has 7 nitrogen and oxygen atoms in total. The molecule has 9 heteroatoms. The number of aromatic nitrogens is 1. The van der Waals surface area contributed by atoms with Crippen LogP contribution in [0.3, 0.4) is 0 Å². The first-order valence-electron chi connectivity index (χ1n) is 8.80. The molecule has 2 aromatic rings. The topological polar surface area (TPSA) is 82.6 Å². The highest BCUT2D eigenvalue weighted by atomic mass is 35.5. The Morgan fingerprint density at radius 2 is 1.82 bits per heavy atom. The van der Waals surface area contributed by atoms with E-state index in [1.807, 2.05) is 35.2 Å². The highest BCUT2D eigenvalue weighted by Gasteiger charge is 2.26. The van der Waals surface area contributed by atoms with Crippen molar-refractivity contribution in [3.63, 3.8) is 0 Å². The Morgan fingerprint density at radius 1 is 1.11 bits per heavy atom. The lowest BCUT2D eigenvalue weighted by Crippen LogP contribution is -2.49. The van der Waals surface area contributed by atoms with Crippen LogP contribution in [0.4, 0.5) is 5.69 Å². The number of pyridine rings is 1. The number of carbonyl (C=O) groups excluding carboxylic acids is 1. The number of hydrogen-bond donors (Lipinski definition) is 1. The first kappa shape index (κ1) is 20.5. The largest absolute Gasteiger partial charge is 0.322 e. The number of benzene rings is 1. The minimum absolute atomic E-state index is 0.166. The second-order valence-corrected chi connectivity index (χ2v) is 8.50. The standard InChI is InChI=1S/C19H21ClN4O3S/c20-19-17(7-4-9-21-19)22-18(25)15-23-10-12-24(13-11-23)28(26,27)14-8-16-5-2-1-3-6-16/h1-9,14H,10-13,15H2,(H,22,25)/b14-8+. The van der Waals surface area contributed by atoms with Crippen LogP contribution >= 0.6 is 11.6 Å². The van der Waals surface area contributed by atoms with Gasteiger partial charge in [0.15, 0.2) is 5.15 Å². The lowest BCUT2D eigenvalue weighted by Gasteiger charge is -2.32. The van der Waals surface area contributed by atoms with Gasteiger partial charge in [-0.1, -0.05) is 41.9 Å². The predicted octanol–water partition coefficient (Wildman–Crippen LogP) is 2.29. The van der Waals surface area contributed by atoms with Gasteiger partial charge >= 0.3 is 0 Å². The van der Waals surface area contributed by atoms with Gasteiger partial charge in [0.1, 0.15) is 0 Å². The van der Waals surface area contributed by atoms with Crippen molar-refractivity contribution in [3.05, 3.63) is 64.8 Å². The SMILES string of the molecule is O=C(CN1CCN(S(=O)(=O)/C=C/c2ccccc2)CC1)Nc1cccnc1Cl. The van der Waals surface area contributed by atoms with E-state index in [-0.39, 0.29) is 17.6 Å². The highest BCUT2D eigenvalue weighted by molar-refractivity contribution is 7.92. The molecular formula is C19H21ClN4O3S. The normalized spacial score (nSPS) is 16.3. The highest BCUT2D eigenvalue weighted by Crippen LogP contribution is 2.17. The van der Waals surface area contributed by atoms with Crippen molar-refractivity contribution < 1.29 is 13.2 Å². The molecule has 1 aliphatic heterocycles. The third kappa shape index (κ3) is 5.62. The van der Waals surface area contributed by atoms with Crippen LogP contribution in [0.1, 0.15) is 5.56 Å². The fourth-order valence-corrected chi connectivity index (χ4v) is 4.17. The second-order valence-electron chi connectivity index (χ2n) is 6.32. The van der Waals surface area contributed by atoms with E-state index in [1.165, 1.54) is 9.71 Å². The van der Waals surface area contributed by atoms with Crippen LogP contribution in [0.2, 0.25) is 5.15 Å². The van der Waals surface area contributed by atoms with Crippen LogP contribution in [0, 0.1) is 0 Å². The number of piperazine rings is 1. The Kier molecular flexibility index (Phi) is 6.79. The summed E-state index contributed by atoms with van der Waals surface area (Å²) in [4.78, 5) is 18.0. The van der Waals surface area contributed by atoms with Gasteiger partial charge < -0.3 is 5.32 Å². The third-order valence-electron chi connectivity index (χ3n) is 4.32. The molecule has 1 aliphatic rings. The maximum absolute atomic E-state index is 12.5. The molecule has 0 saturated carbocycles. The summed E-state index contributed by atoms with van der Waals surface area (Å²) in [5, 5.41) is 4.18. The lowest BCUT2D eigenvalue weighted by atomic mass is 10.2. The van der Waals surface area contributed by atoms with Crippen LogP contribution in [0.15, 0.2) is 54.1 Å². The molecule has 0 radical (unpaired) electrons. The molecule has 0 atom stereocenters. The monoisotopic (exact) mass is 420 g/mol. The minimum atomic E-state index is -3.49. The van der Waals surface area contributed by atoms with Crippen LogP contribution in [-0.2, 0) is 14.8 Å². The zero-order valence-corrected chi connectivity index (χ0v) is 16.7. The number of rotatable bonds is 6. The van der Waals surface area contributed by atoms with Crippen molar-refractivity contribution in [2.24, 2.45) is 0 Å². The van der Waals surface area contributed by atoms with E-state index in [4.69, 9.17) is 11.6 Å². The van der Waals surface area contributed by atoms with E-state index in [1.54, 1.807) is 24.4 Å². The molecule has 1 aromatic heterocycles. The summed E-state index contributed by atoms with van der Waals surface area (Å²) < 4.78 is 26.4. The Morgan fingerprint density at radius 3 is 2.50 bits per heavy atom. The summed E-state index contributed by atoms with van der Waals surface area (Å²) >= 11 is 5.94. The summed E-state index contributed by atoms with van der Waals surface area (Å²) in [5.74, 6) is -0.213. The van der Waals surface area contributed by atoms with E-state index in [0.717, 1.165) is 5.56 Å². The van der Waals surface area contributed by atoms with Crippen molar-refractivity contribution in [1.29, 1.82) is 0 Å². The summed E-state index contributed by atoms with van der Waals surface area (Å²) in [5.41, 5.74) is 1.29. The van der Waals surface area contributed by atoms with Crippen LogP contribution < -0.4 is 5.32 Å². The maximum Gasteiger partial charge on any atom is 0.238 e. The van der Waals surface area contributed by atoms with Gasteiger partial charge in [-0.2, -0.15) is 4.31 Å². The smallest absolute Gasteiger partial charge is 0.238 e. The molecule has 1 aromatic carbocycles. The van der Waals surface area contributed by atoms with Gasteiger partial charge in [0.05, 0.1) is 12.2 Å². The second kappa shape index (κ2) is 9.29. The minimum Gasteiger partial charge on any atom is -0.322 e.